The van der Waals surface area contributed by atoms with Gasteiger partial charge >= 0.3 is 0 Å². The van der Waals surface area contributed by atoms with Crippen LogP contribution in [0.2, 0.25) is 0 Å². The van der Waals surface area contributed by atoms with Gasteiger partial charge in [0.1, 0.15) is 0 Å². The fourth-order valence-electron chi connectivity index (χ4n) is 1.20. The molecule has 0 radical (unpaired) electrons. The zero-order valence-electron chi connectivity index (χ0n) is 10.2. The predicted molar refractivity (Wildman–Crippen MR) is 77.2 cm³/mol. The van der Waals surface area contributed by atoms with Crippen LogP contribution in [0.15, 0.2) is 60.7 Å². The van der Waals surface area contributed by atoms with Crippen LogP contribution in [0.25, 0.3) is 0 Å². The average molecular weight is 279 g/mol. The molecule has 19 heavy (non-hydrogen) atoms. The third-order valence-electron chi connectivity index (χ3n) is 2.12. The van der Waals surface area contributed by atoms with Crippen LogP contribution in [-0.4, -0.2) is 11.8 Å². The van der Waals surface area contributed by atoms with Crippen molar-refractivity contribution >= 4 is 24.2 Å². The van der Waals surface area contributed by atoms with Crippen LogP contribution >= 0.6 is 12.4 Å². The molecule has 0 unspecified atom stereocenters. The number of hydrogen-bond acceptors (Lipinski definition) is 2. The van der Waals surface area contributed by atoms with E-state index < -0.39 is 0 Å². The number of halogens is 1. The van der Waals surface area contributed by atoms with E-state index in [9.17, 15) is 9.59 Å². The molecule has 0 saturated heterocycles. The Morgan fingerprint density at radius 3 is 1.05 bits per heavy atom. The third kappa shape index (κ3) is 6.24. The highest BCUT2D eigenvalue weighted by molar-refractivity contribution is 5.93. The first-order valence-electron chi connectivity index (χ1n) is 5.31. The lowest BCUT2D eigenvalue weighted by atomic mass is 10.2. The highest BCUT2D eigenvalue weighted by Gasteiger charge is 1.94. The van der Waals surface area contributed by atoms with Crippen LogP contribution in [0.3, 0.4) is 0 Å². The van der Waals surface area contributed by atoms with Crippen LogP contribution in [0.1, 0.15) is 20.7 Å². The van der Waals surface area contributed by atoms with E-state index in [0.29, 0.717) is 11.1 Å². The van der Waals surface area contributed by atoms with E-state index in [0.717, 1.165) is 0 Å². The molecular formula is C14H15ClN2O2. The molecule has 0 aliphatic heterocycles. The van der Waals surface area contributed by atoms with Crippen LogP contribution in [-0.2, 0) is 0 Å². The zero-order chi connectivity index (χ0) is 13.4. The highest BCUT2D eigenvalue weighted by Crippen LogP contribution is 1.95. The maximum absolute atomic E-state index is 10.4. The molecule has 5 heteroatoms. The van der Waals surface area contributed by atoms with Gasteiger partial charge in [0.2, 0.25) is 11.8 Å². The van der Waals surface area contributed by atoms with Gasteiger partial charge in [0.25, 0.3) is 0 Å². The summed E-state index contributed by atoms with van der Waals surface area (Å²) in [6.07, 6.45) is 0. The number of hydrogen-bond donors (Lipinski definition) is 2. The van der Waals surface area contributed by atoms with Gasteiger partial charge in [0, 0.05) is 11.1 Å². The van der Waals surface area contributed by atoms with Gasteiger partial charge in [-0.05, 0) is 24.3 Å². The second kappa shape index (κ2) is 8.72. The summed E-state index contributed by atoms with van der Waals surface area (Å²) in [4.78, 5) is 20.8. The summed E-state index contributed by atoms with van der Waals surface area (Å²) in [5.41, 5.74) is 11.1. The Balaban J connectivity index is 0.000000324. The Labute approximate surface area is 117 Å². The van der Waals surface area contributed by atoms with E-state index in [-0.39, 0.29) is 24.2 Å². The summed E-state index contributed by atoms with van der Waals surface area (Å²) >= 11 is 0. The molecule has 0 heterocycles. The fraction of sp³-hybridized carbons (Fsp3) is 0. The minimum absolute atomic E-state index is 0. The maximum Gasteiger partial charge on any atom is 0.248 e. The third-order valence-corrected chi connectivity index (χ3v) is 2.12. The topological polar surface area (TPSA) is 86.2 Å². The standard InChI is InChI=1S/2C7H7NO.ClH/c2*8-7(9)6-4-2-1-3-5-6;/h2*1-5H,(H2,8,9);1H. The van der Waals surface area contributed by atoms with E-state index in [1.54, 1.807) is 48.5 Å². The first-order chi connectivity index (χ1) is 8.61. The minimum Gasteiger partial charge on any atom is -0.366 e. The molecule has 0 saturated carbocycles. The molecule has 0 aliphatic rings. The summed E-state index contributed by atoms with van der Waals surface area (Å²) in [6.45, 7) is 0. The van der Waals surface area contributed by atoms with Crippen molar-refractivity contribution < 1.29 is 9.59 Å². The molecule has 4 nitrogen and oxygen atoms in total. The Kier molecular flexibility index (Phi) is 7.65. The molecule has 0 atom stereocenters. The van der Waals surface area contributed by atoms with Crippen LogP contribution < -0.4 is 11.5 Å². The van der Waals surface area contributed by atoms with Crippen LogP contribution in [0.4, 0.5) is 0 Å². The quantitative estimate of drug-likeness (QED) is 0.880. The molecule has 0 bridgehead atoms. The Hall–Kier alpha value is -2.33. The second-order valence-electron chi connectivity index (χ2n) is 3.46. The van der Waals surface area contributed by atoms with E-state index in [2.05, 4.69) is 0 Å². The molecule has 0 aliphatic carbocycles. The Morgan fingerprint density at radius 2 is 0.895 bits per heavy atom. The fourth-order valence-corrected chi connectivity index (χ4v) is 1.20. The van der Waals surface area contributed by atoms with E-state index in [1.807, 2.05) is 12.1 Å². The highest BCUT2D eigenvalue weighted by atomic mass is 35.5. The molecule has 2 aromatic rings. The van der Waals surface area contributed by atoms with E-state index >= 15 is 0 Å². The maximum atomic E-state index is 10.4. The van der Waals surface area contributed by atoms with Crippen molar-refractivity contribution in [2.45, 2.75) is 0 Å². The summed E-state index contributed by atoms with van der Waals surface area (Å²) in [7, 11) is 0. The molecule has 0 aromatic heterocycles. The summed E-state index contributed by atoms with van der Waals surface area (Å²) in [6, 6.07) is 17.5. The van der Waals surface area contributed by atoms with Crippen molar-refractivity contribution in [3.63, 3.8) is 0 Å². The smallest absolute Gasteiger partial charge is 0.248 e. The van der Waals surface area contributed by atoms with Gasteiger partial charge in [0.15, 0.2) is 0 Å². The number of carbonyl (C=O) groups excluding carboxylic acids is 2. The Morgan fingerprint density at radius 1 is 0.632 bits per heavy atom. The molecular weight excluding hydrogens is 264 g/mol. The van der Waals surface area contributed by atoms with Crippen molar-refractivity contribution in [2.75, 3.05) is 0 Å². The first kappa shape index (κ1) is 16.7. The first-order valence-corrected chi connectivity index (χ1v) is 5.31. The van der Waals surface area contributed by atoms with Gasteiger partial charge in [-0.2, -0.15) is 0 Å². The van der Waals surface area contributed by atoms with Crippen molar-refractivity contribution in [1.29, 1.82) is 0 Å². The van der Waals surface area contributed by atoms with Gasteiger partial charge in [-0.15, -0.1) is 12.4 Å². The second-order valence-corrected chi connectivity index (χ2v) is 3.46. The molecule has 0 spiro atoms. The van der Waals surface area contributed by atoms with Gasteiger partial charge in [-0.1, -0.05) is 36.4 Å². The SMILES string of the molecule is Cl.NC(=O)c1ccccc1.NC(=O)c1ccccc1. The summed E-state index contributed by atoms with van der Waals surface area (Å²) < 4.78 is 0. The van der Waals surface area contributed by atoms with E-state index in [1.165, 1.54) is 0 Å². The van der Waals surface area contributed by atoms with Gasteiger partial charge in [-0.3, -0.25) is 9.59 Å². The number of amides is 2. The predicted octanol–water partition coefficient (Wildman–Crippen LogP) is 1.99. The largest absolute Gasteiger partial charge is 0.366 e. The average Bonchev–Trinajstić information content (AvgIpc) is 2.41. The zero-order valence-corrected chi connectivity index (χ0v) is 11.0. The van der Waals surface area contributed by atoms with E-state index in [4.69, 9.17) is 11.5 Å². The molecule has 0 fully saturated rings. The van der Waals surface area contributed by atoms with Crippen LogP contribution in [0.5, 0.6) is 0 Å². The molecule has 2 amide bonds. The molecule has 2 rings (SSSR count). The minimum atomic E-state index is -0.379. The lowest BCUT2D eigenvalue weighted by Gasteiger charge is -1.89. The number of nitrogens with two attached hydrogens (primary N) is 2. The van der Waals surface area contributed by atoms with Crippen molar-refractivity contribution in [1.82, 2.24) is 0 Å². The molecule has 2 aromatic carbocycles. The Bertz CT molecular complexity index is 466. The van der Waals surface area contributed by atoms with Gasteiger partial charge in [0.05, 0.1) is 0 Å². The lowest BCUT2D eigenvalue weighted by Crippen LogP contribution is -2.09. The van der Waals surface area contributed by atoms with Crippen LogP contribution in [0, 0.1) is 0 Å². The number of carbonyl (C=O) groups is 2. The number of primary amides is 2. The van der Waals surface area contributed by atoms with Crippen molar-refractivity contribution in [3.8, 4) is 0 Å². The summed E-state index contributed by atoms with van der Waals surface area (Å²) in [5.74, 6) is -0.758. The van der Waals surface area contributed by atoms with Gasteiger partial charge < -0.3 is 11.5 Å². The lowest BCUT2D eigenvalue weighted by molar-refractivity contribution is 0.0992. The number of benzene rings is 2. The monoisotopic (exact) mass is 278 g/mol. The summed E-state index contributed by atoms with van der Waals surface area (Å²) in [5, 5.41) is 0. The van der Waals surface area contributed by atoms with Crippen molar-refractivity contribution in [3.05, 3.63) is 71.8 Å². The number of rotatable bonds is 2. The van der Waals surface area contributed by atoms with Crippen molar-refractivity contribution in [2.24, 2.45) is 11.5 Å². The molecule has 4 N–H and O–H groups in total. The molecule has 100 valence electrons. The normalized spacial score (nSPS) is 8.42. The van der Waals surface area contributed by atoms with Gasteiger partial charge in [-0.25, -0.2) is 0 Å².